The summed E-state index contributed by atoms with van der Waals surface area (Å²) in [6.45, 7) is 25.0. The van der Waals surface area contributed by atoms with E-state index in [4.69, 9.17) is 0 Å². The molecule has 2 aliphatic carbocycles. The minimum atomic E-state index is -2.01. The number of hydrogen-bond acceptors (Lipinski definition) is 0. The molecule has 1 aromatic rings. The van der Waals surface area contributed by atoms with Crippen LogP contribution in [0.1, 0.15) is 111 Å². The number of hydrogen-bond donors (Lipinski definition) is 0. The summed E-state index contributed by atoms with van der Waals surface area (Å²) in [6, 6.07) is 0. The van der Waals surface area contributed by atoms with Crippen molar-refractivity contribution in [3.63, 3.8) is 0 Å². The van der Waals surface area contributed by atoms with Crippen LogP contribution in [0.2, 0.25) is 31.5 Å². The molecule has 0 radical (unpaired) electrons. The van der Waals surface area contributed by atoms with Crippen molar-refractivity contribution >= 4 is 38.7 Å². The molecule has 0 heterocycles. The van der Waals surface area contributed by atoms with E-state index in [2.05, 4.69) is 81.4 Å². The van der Waals surface area contributed by atoms with Crippen LogP contribution in [-0.2, 0) is 0 Å². The van der Waals surface area contributed by atoms with Gasteiger partial charge >= 0.3 is 206 Å². The maximum atomic E-state index is 2.70. The third-order valence-corrected chi connectivity index (χ3v) is 36.1. The first kappa shape index (κ1) is 26.4. The van der Waals surface area contributed by atoms with Crippen LogP contribution in [0.3, 0.4) is 0 Å². The van der Waals surface area contributed by atoms with Gasteiger partial charge in [0.15, 0.2) is 0 Å². The van der Waals surface area contributed by atoms with Gasteiger partial charge in [-0.3, -0.25) is 0 Å². The average Bonchev–Trinajstić information content (AvgIpc) is 3.42. The second kappa shape index (κ2) is 10.2. The van der Waals surface area contributed by atoms with Crippen LogP contribution in [-0.4, -0.2) is 26.5 Å². The van der Waals surface area contributed by atoms with E-state index in [0.717, 1.165) is 9.50 Å². The van der Waals surface area contributed by atoms with Crippen LogP contribution in [0.15, 0.2) is 11.1 Å². The van der Waals surface area contributed by atoms with Crippen molar-refractivity contribution in [3.8, 4) is 0 Å². The summed E-state index contributed by atoms with van der Waals surface area (Å²) in [6.07, 6.45) is 7.86. The molecule has 0 fully saturated rings. The zero-order valence-electron chi connectivity index (χ0n) is 23.0. The quantitative estimate of drug-likeness (QED) is 0.252. The summed E-state index contributed by atoms with van der Waals surface area (Å²) in [5, 5.41) is 8.77. The van der Waals surface area contributed by atoms with Crippen molar-refractivity contribution in [3.05, 3.63) is 44.5 Å². The maximum absolute atomic E-state index is 2.70. The normalized spacial score (nSPS) is 20.3. The van der Waals surface area contributed by atoms with Gasteiger partial charge in [0, 0.05) is 0 Å². The van der Waals surface area contributed by atoms with Crippen LogP contribution >= 0.6 is 0 Å². The van der Waals surface area contributed by atoms with Gasteiger partial charge < -0.3 is 0 Å². The first-order valence-electron chi connectivity index (χ1n) is 13.9. The van der Waals surface area contributed by atoms with Crippen molar-refractivity contribution in [1.29, 1.82) is 0 Å². The molecule has 32 heavy (non-hydrogen) atoms. The Labute approximate surface area is 205 Å². The van der Waals surface area contributed by atoms with Gasteiger partial charge in [-0.1, -0.05) is 0 Å². The van der Waals surface area contributed by atoms with E-state index in [9.17, 15) is 0 Å². The van der Waals surface area contributed by atoms with Gasteiger partial charge in [0.1, 0.15) is 0 Å². The Morgan fingerprint density at radius 2 is 0.812 bits per heavy atom. The van der Waals surface area contributed by atoms with Crippen LogP contribution in [0.4, 0.5) is 0 Å². The van der Waals surface area contributed by atoms with Gasteiger partial charge in [-0.15, -0.1) is 0 Å². The number of benzene rings is 1. The zero-order chi connectivity index (χ0) is 23.8. The van der Waals surface area contributed by atoms with E-state index in [0.29, 0.717) is 0 Å². The molecule has 0 N–H and O–H groups in total. The molecule has 1 aromatic carbocycles. The number of rotatable bonds is 10. The van der Waals surface area contributed by atoms with E-state index in [1.165, 1.54) is 44.4 Å². The van der Waals surface area contributed by atoms with Crippen LogP contribution < -0.4 is 0 Å². The van der Waals surface area contributed by atoms with E-state index in [-0.39, 0.29) is 0 Å². The van der Waals surface area contributed by atoms with E-state index < -0.39 is 26.5 Å². The predicted octanol–water partition coefficient (Wildman–Crippen LogP) is 10.2. The molecule has 0 bridgehead atoms. The molecular formula is C30H50Ge2. The van der Waals surface area contributed by atoms with Crippen LogP contribution in [0.25, 0.3) is 12.2 Å². The van der Waals surface area contributed by atoms with Crippen molar-refractivity contribution < 1.29 is 0 Å². The minimum absolute atomic E-state index is 0.798. The summed E-state index contributed by atoms with van der Waals surface area (Å²) in [5.41, 5.74) is 13.8. The van der Waals surface area contributed by atoms with E-state index in [1.54, 1.807) is 44.5 Å². The number of fused-ring (bicyclic) bond motifs is 2. The average molecular weight is 556 g/mol. The summed E-state index contributed by atoms with van der Waals surface area (Å²) in [4.78, 5) is 0. The standard InChI is InChI=1S/C30H50Ge2/c1-11-23-19-25-21(9)28-26(20-24(12-2)30(28)32(16-6,17-7)18-8)22(10)27(25)29(23)31(13-3,14-4)15-5/h19-20,29-30H,11-18H2,1-10H3. The van der Waals surface area contributed by atoms with Crippen LogP contribution in [0.5, 0.6) is 0 Å². The summed E-state index contributed by atoms with van der Waals surface area (Å²) >= 11 is -4.01. The Morgan fingerprint density at radius 3 is 1.03 bits per heavy atom. The van der Waals surface area contributed by atoms with Gasteiger partial charge in [0.2, 0.25) is 0 Å². The Bertz CT molecular complexity index is 817. The molecule has 0 saturated carbocycles. The summed E-state index contributed by atoms with van der Waals surface area (Å²) < 4.78 is 1.60. The molecule has 0 aromatic heterocycles. The van der Waals surface area contributed by atoms with Gasteiger partial charge in [-0.2, -0.15) is 0 Å². The molecule has 2 heteroatoms. The van der Waals surface area contributed by atoms with Crippen molar-refractivity contribution in [1.82, 2.24) is 0 Å². The van der Waals surface area contributed by atoms with Gasteiger partial charge in [-0.05, 0) is 0 Å². The fraction of sp³-hybridized carbons (Fsp3) is 0.667. The molecule has 178 valence electrons. The second-order valence-corrected chi connectivity index (χ2v) is 33.5. The molecule has 2 aliphatic rings. The Morgan fingerprint density at radius 1 is 0.531 bits per heavy atom. The number of allylic oxidation sites excluding steroid dienone is 2. The van der Waals surface area contributed by atoms with Gasteiger partial charge in [0.05, 0.1) is 0 Å². The monoisotopic (exact) mass is 558 g/mol. The van der Waals surface area contributed by atoms with Crippen molar-refractivity contribution in [2.75, 3.05) is 0 Å². The van der Waals surface area contributed by atoms with Crippen LogP contribution in [0, 0.1) is 13.8 Å². The predicted molar refractivity (Wildman–Crippen MR) is 152 cm³/mol. The zero-order valence-corrected chi connectivity index (χ0v) is 27.2. The third kappa shape index (κ3) is 3.69. The van der Waals surface area contributed by atoms with Crippen molar-refractivity contribution in [2.24, 2.45) is 0 Å². The fourth-order valence-electron chi connectivity index (χ4n) is 7.86. The molecule has 0 amide bonds. The Kier molecular flexibility index (Phi) is 8.40. The molecule has 0 nitrogen and oxygen atoms in total. The first-order valence-corrected chi connectivity index (χ1v) is 25.2. The SMILES string of the molecule is CCC1=Cc2c(C)c3c(c(C)c2[CH]1[Ge]([CH2]C)([CH2]C)[CH2]C)C=C(CC)[CH]3[Ge]([CH2]C)([CH2]C)[CH2]C. The Balaban J connectivity index is 2.35. The van der Waals surface area contributed by atoms with Gasteiger partial charge in [-0.25, -0.2) is 0 Å². The molecule has 0 saturated heterocycles. The molecular weight excluding hydrogens is 506 g/mol. The third-order valence-electron chi connectivity index (χ3n) is 10.4. The van der Waals surface area contributed by atoms with Gasteiger partial charge in [0.25, 0.3) is 0 Å². The molecule has 2 atom stereocenters. The summed E-state index contributed by atoms with van der Waals surface area (Å²) in [5.74, 6) is 0. The van der Waals surface area contributed by atoms with E-state index in [1.807, 2.05) is 0 Å². The molecule has 0 spiro atoms. The van der Waals surface area contributed by atoms with Crippen molar-refractivity contribution in [2.45, 2.75) is 123 Å². The Hall–Kier alpha value is -0.214. The molecule has 0 aliphatic heterocycles. The molecule has 2 unspecified atom stereocenters. The topological polar surface area (TPSA) is 0 Å². The summed E-state index contributed by atoms with van der Waals surface area (Å²) in [7, 11) is 0. The first-order chi connectivity index (χ1) is 15.3. The second-order valence-electron chi connectivity index (χ2n) is 10.8. The molecule has 3 rings (SSSR count). The van der Waals surface area contributed by atoms with E-state index >= 15 is 0 Å². The fourth-order valence-corrected chi connectivity index (χ4v) is 27.9.